The number of piperidine rings is 1. The molecule has 4 rings (SSSR count). The number of alkyl halides is 6. The lowest BCUT2D eigenvalue weighted by molar-refractivity contribution is -0.142. The maximum atomic E-state index is 13.4. The van der Waals surface area contributed by atoms with Crippen LogP contribution in [0.15, 0.2) is 42.5 Å². The lowest BCUT2D eigenvalue weighted by Crippen LogP contribution is -2.50. The van der Waals surface area contributed by atoms with E-state index in [1.54, 1.807) is 4.90 Å². The molecule has 2 amide bonds. The van der Waals surface area contributed by atoms with Gasteiger partial charge in [-0.3, -0.25) is 0 Å². The van der Waals surface area contributed by atoms with Crippen LogP contribution in [0.4, 0.5) is 37.0 Å². The topological polar surface area (TPSA) is 74.6 Å². The Bertz CT molecular complexity index is 1200. The van der Waals surface area contributed by atoms with Crippen molar-refractivity contribution in [1.82, 2.24) is 24.8 Å². The third-order valence-corrected chi connectivity index (χ3v) is 6.22. The Morgan fingerprint density at radius 2 is 1.63 bits per heavy atom. The first kappa shape index (κ1) is 24.6. The standard InChI is InChI=1S/C22H22F6N6O/c1-29-19(35)33-9-7-20(8-10-33,14-5-3-2-4-6-14)13-30-17-11-15(21(23,24)25)31-18-12-16(22(26,27)28)32-34(17)18/h2-6,11-12,30H,7-10,13H2,1H3,(H,29,35). The van der Waals surface area contributed by atoms with Crippen LogP contribution in [0.5, 0.6) is 0 Å². The van der Waals surface area contributed by atoms with E-state index in [4.69, 9.17) is 0 Å². The van der Waals surface area contributed by atoms with Gasteiger partial charge in [0.25, 0.3) is 0 Å². The van der Waals surface area contributed by atoms with E-state index in [2.05, 4.69) is 20.7 Å². The number of aromatic nitrogens is 3. The molecule has 1 aliphatic heterocycles. The molecule has 35 heavy (non-hydrogen) atoms. The van der Waals surface area contributed by atoms with Gasteiger partial charge in [-0.25, -0.2) is 9.78 Å². The molecule has 13 heteroatoms. The van der Waals surface area contributed by atoms with Gasteiger partial charge in [-0.15, -0.1) is 0 Å². The molecule has 1 saturated heterocycles. The van der Waals surface area contributed by atoms with Crippen LogP contribution in [0, 0.1) is 0 Å². The fourth-order valence-electron chi connectivity index (χ4n) is 4.30. The van der Waals surface area contributed by atoms with Gasteiger partial charge >= 0.3 is 18.4 Å². The van der Waals surface area contributed by atoms with Gasteiger partial charge < -0.3 is 15.5 Å². The molecule has 2 aromatic heterocycles. The van der Waals surface area contributed by atoms with E-state index in [1.807, 2.05) is 30.3 Å². The minimum Gasteiger partial charge on any atom is -0.369 e. The number of likely N-dealkylation sites (tertiary alicyclic amines) is 1. The smallest absolute Gasteiger partial charge is 0.369 e. The van der Waals surface area contributed by atoms with Gasteiger partial charge in [0.2, 0.25) is 0 Å². The summed E-state index contributed by atoms with van der Waals surface area (Å²) in [6, 6.07) is 10.2. The molecule has 0 bridgehead atoms. The zero-order valence-corrected chi connectivity index (χ0v) is 18.5. The van der Waals surface area contributed by atoms with Gasteiger partial charge in [-0.05, 0) is 18.4 Å². The van der Waals surface area contributed by atoms with E-state index in [-0.39, 0.29) is 18.4 Å². The van der Waals surface area contributed by atoms with Crippen molar-refractivity contribution in [1.29, 1.82) is 0 Å². The second kappa shape index (κ2) is 8.93. The third kappa shape index (κ3) is 4.98. The van der Waals surface area contributed by atoms with Crippen molar-refractivity contribution in [2.24, 2.45) is 0 Å². The van der Waals surface area contributed by atoms with E-state index < -0.39 is 34.8 Å². The van der Waals surface area contributed by atoms with Crippen LogP contribution in [0.2, 0.25) is 0 Å². The van der Waals surface area contributed by atoms with Crippen molar-refractivity contribution in [3.05, 3.63) is 59.4 Å². The summed E-state index contributed by atoms with van der Waals surface area (Å²) in [6.07, 6.45) is -8.73. The molecule has 0 spiro atoms. The van der Waals surface area contributed by atoms with Gasteiger partial charge in [0.1, 0.15) is 5.82 Å². The highest BCUT2D eigenvalue weighted by Gasteiger charge is 2.39. The number of halogens is 6. The first-order chi connectivity index (χ1) is 16.4. The highest BCUT2D eigenvalue weighted by molar-refractivity contribution is 5.74. The summed E-state index contributed by atoms with van der Waals surface area (Å²) < 4.78 is 80.6. The van der Waals surface area contributed by atoms with E-state index >= 15 is 0 Å². The summed E-state index contributed by atoms with van der Waals surface area (Å²) in [5.41, 5.74) is -2.92. The Hall–Kier alpha value is -3.51. The monoisotopic (exact) mass is 500 g/mol. The second-order valence-corrected chi connectivity index (χ2v) is 8.36. The van der Waals surface area contributed by atoms with Crippen LogP contribution < -0.4 is 10.6 Å². The summed E-state index contributed by atoms with van der Waals surface area (Å²) in [6.45, 7) is 0.905. The summed E-state index contributed by atoms with van der Waals surface area (Å²) >= 11 is 0. The van der Waals surface area contributed by atoms with E-state index in [9.17, 15) is 31.1 Å². The van der Waals surface area contributed by atoms with Gasteiger partial charge in [-0.2, -0.15) is 36.0 Å². The predicted octanol–water partition coefficient (Wildman–Crippen LogP) is 4.55. The SMILES string of the molecule is CNC(=O)N1CCC(CNc2cc(C(F)(F)F)nc3cc(C(F)(F)F)nn23)(c2ccccc2)CC1. The van der Waals surface area contributed by atoms with Crippen molar-refractivity contribution in [2.45, 2.75) is 30.6 Å². The normalized spacial score (nSPS) is 16.4. The van der Waals surface area contributed by atoms with E-state index in [1.165, 1.54) is 7.05 Å². The maximum Gasteiger partial charge on any atom is 0.435 e. The largest absolute Gasteiger partial charge is 0.435 e. The number of nitrogens with one attached hydrogen (secondary N) is 2. The molecule has 1 aliphatic rings. The van der Waals surface area contributed by atoms with Crippen LogP contribution in [-0.2, 0) is 17.8 Å². The average molecular weight is 500 g/mol. The number of benzene rings is 1. The number of nitrogens with zero attached hydrogens (tertiary/aromatic N) is 4. The Morgan fingerprint density at radius 3 is 2.20 bits per heavy atom. The van der Waals surface area contributed by atoms with Gasteiger partial charge in [0, 0.05) is 44.2 Å². The lowest BCUT2D eigenvalue weighted by Gasteiger charge is -2.42. The Labute approximate surface area is 196 Å². The molecule has 0 atom stereocenters. The summed E-state index contributed by atoms with van der Waals surface area (Å²) in [7, 11) is 1.52. The zero-order chi connectivity index (χ0) is 25.4. The Balaban J connectivity index is 1.71. The number of fused-ring (bicyclic) bond motifs is 1. The molecule has 7 nitrogen and oxygen atoms in total. The first-order valence-corrected chi connectivity index (χ1v) is 10.7. The molecular formula is C22H22F6N6O. The van der Waals surface area contributed by atoms with Crippen molar-refractivity contribution in [3.8, 4) is 0 Å². The number of carbonyl (C=O) groups excluding carboxylic acids is 1. The number of hydrogen-bond donors (Lipinski definition) is 2. The quantitative estimate of drug-likeness (QED) is 0.516. The number of urea groups is 1. The van der Waals surface area contributed by atoms with Crippen molar-refractivity contribution >= 4 is 17.5 Å². The molecule has 0 unspecified atom stereocenters. The maximum absolute atomic E-state index is 13.4. The number of amides is 2. The van der Waals surface area contributed by atoms with Crippen LogP contribution in [0.3, 0.4) is 0 Å². The summed E-state index contributed by atoms with van der Waals surface area (Å²) in [5, 5.41) is 8.93. The highest BCUT2D eigenvalue weighted by Crippen LogP contribution is 2.37. The van der Waals surface area contributed by atoms with Gasteiger partial charge in [0.15, 0.2) is 17.0 Å². The van der Waals surface area contributed by atoms with Crippen LogP contribution >= 0.6 is 0 Å². The van der Waals surface area contributed by atoms with Crippen LogP contribution in [-0.4, -0.2) is 52.2 Å². The molecule has 1 fully saturated rings. The number of anilines is 1. The van der Waals surface area contributed by atoms with Crippen LogP contribution in [0.1, 0.15) is 29.8 Å². The minimum absolute atomic E-state index is 0.107. The molecule has 0 aliphatic carbocycles. The predicted molar refractivity (Wildman–Crippen MR) is 115 cm³/mol. The highest BCUT2D eigenvalue weighted by atomic mass is 19.4. The minimum atomic E-state index is -4.86. The molecule has 1 aromatic carbocycles. The zero-order valence-electron chi connectivity index (χ0n) is 18.5. The molecule has 188 valence electrons. The first-order valence-electron chi connectivity index (χ1n) is 10.7. The van der Waals surface area contributed by atoms with Crippen molar-refractivity contribution < 1.29 is 31.1 Å². The van der Waals surface area contributed by atoms with E-state index in [0.29, 0.717) is 38.1 Å². The molecule has 0 radical (unpaired) electrons. The fourth-order valence-corrected chi connectivity index (χ4v) is 4.30. The van der Waals surface area contributed by atoms with Gasteiger partial charge in [-0.1, -0.05) is 30.3 Å². The third-order valence-electron chi connectivity index (χ3n) is 6.22. The van der Waals surface area contributed by atoms with Crippen LogP contribution in [0.25, 0.3) is 5.65 Å². The van der Waals surface area contributed by atoms with E-state index in [0.717, 1.165) is 10.1 Å². The number of rotatable bonds is 4. The van der Waals surface area contributed by atoms with Gasteiger partial charge in [0.05, 0.1) is 0 Å². The Morgan fingerprint density at radius 1 is 1.00 bits per heavy atom. The molecular weight excluding hydrogens is 478 g/mol. The average Bonchev–Trinajstić information content (AvgIpc) is 3.28. The molecule has 3 heterocycles. The van der Waals surface area contributed by atoms with Crippen molar-refractivity contribution in [2.75, 3.05) is 32.0 Å². The molecule has 3 aromatic rings. The molecule has 2 N–H and O–H groups in total. The summed E-state index contributed by atoms with van der Waals surface area (Å²) in [4.78, 5) is 17.0. The second-order valence-electron chi connectivity index (χ2n) is 8.36. The fraction of sp³-hybridized carbons (Fsp3) is 0.409. The lowest BCUT2D eigenvalue weighted by atomic mass is 9.72. The molecule has 0 saturated carbocycles. The summed E-state index contributed by atoms with van der Waals surface area (Å²) in [5.74, 6) is -0.262. The Kier molecular flexibility index (Phi) is 6.28. The number of carbonyl (C=O) groups is 1. The number of hydrogen-bond acceptors (Lipinski definition) is 4. The van der Waals surface area contributed by atoms with Crippen molar-refractivity contribution in [3.63, 3.8) is 0 Å².